The van der Waals surface area contributed by atoms with Crippen LogP contribution in [0.25, 0.3) is 6.08 Å². The van der Waals surface area contributed by atoms with Crippen LogP contribution in [-0.4, -0.2) is 50.2 Å². The molecule has 0 atom stereocenters. The molecule has 0 unspecified atom stereocenters. The lowest BCUT2D eigenvalue weighted by atomic mass is 10.1. The van der Waals surface area contributed by atoms with Gasteiger partial charge in [0.25, 0.3) is 5.91 Å². The van der Waals surface area contributed by atoms with Gasteiger partial charge < -0.3 is 19.3 Å². The summed E-state index contributed by atoms with van der Waals surface area (Å²) in [6.07, 6.45) is 1.61. The van der Waals surface area contributed by atoms with E-state index in [1.165, 1.54) is 0 Å². The molecule has 1 heterocycles. The number of carbonyl (C=O) groups is 1. The van der Waals surface area contributed by atoms with Gasteiger partial charge in [0.2, 0.25) is 0 Å². The van der Waals surface area contributed by atoms with Crippen LogP contribution in [0.4, 0.5) is 5.69 Å². The molecule has 162 valence electrons. The fourth-order valence-electron chi connectivity index (χ4n) is 3.50. The van der Waals surface area contributed by atoms with Crippen LogP contribution in [0.1, 0.15) is 19.4 Å². The number of halogens is 1. The monoisotopic (exact) mass is 483 g/mol. The summed E-state index contributed by atoms with van der Waals surface area (Å²) >= 11 is 3.51. The molecule has 0 aliphatic carbocycles. The van der Waals surface area contributed by atoms with Crippen molar-refractivity contribution in [2.45, 2.75) is 13.8 Å². The van der Waals surface area contributed by atoms with E-state index in [9.17, 15) is 10.1 Å². The molecule has 1 fully saturated rings. The molecule has 0 bridgehead atoms. The highest BCUT2D eigenvalue weighted by Gasteiger charge is 2.24. The quantitative estimate of drug-likeness (QED) is 0.428. The van der Waals surface area contributed by atoms with Gasteiger partial charge in [0.05, 0.1) is 17.7 Å². The first-order chi connectivity index (χ1) is 15.1. The molecule has 1 aliphatic heterocycles. The van der Waals surface area contributed by atoms with Crippen LogP contribution in [0, 0.1) is 11.3 Å². The van der Waals surface area contributed by atoms with Gasteiger partial charge in [0, 0.05) is 31.9 Å². The topological polar surface area (TPSA) is 65.8 Å². The standard InChI is InChI=1S/C24H26BrN3O3/c1-3-30-22-16-18(15-21(25)23(22)31-4-2)14-19(17-26)24(29)28-12-10-27(11-13-28)20-8-6-5-7-9-20/h5-9,14-16H,3-4,10-13H2,1-2H3/b19-14-. The van der Waals surface area contributed by atoms with E-state index >= 15 is 0 Å². The Morgan fingerprint density at radius 3 is 2.39 bits per heavy atom. The predicted molar refractivity (Wildman–Crippen MR) is 125 cm³/mol. The molecule has 0 aromatic heterocycles. The largest absolute Gasteiger partial charge is 0.490 e. The van der Waals surface area contributed by atoms with Gasteiger partial charge in [-0.05, 0) is 65.7 Å². The number of nitrogens with zero attached hydrogens (tertiary/aromatic N) is 3. The van der Waals surface area contributed by atoms with Crippen molar-refractivity contribution in [3.63, 3.8) is 0 Å². The lowest BCUT2D eigenvalue weighted by molar-refractivity contribution is -0.126. The highest BCUT2D eigenvalue weighted by Crippen LogP contribution is 2.37. The van der Waals surface area contributed by atoms with Crippen LogP contribution in [0.15, 0.2) is 52.5 Å². The Bertz CT molecular complexity index is 978. The molecule has 1 aliphatic rings. The molecule has 0 saturated carbocycles. The van der Waals surface area contributed by atoms with Crippen molar-refractivity contribution >= 4 is 33.6 Å². The number of carbonyl (C=O) groups excluding carboxylic acids is 1. The van der Waals surface area contributed by atoms with Gasteiger partial charge in [-0.2, -0.15) is 5.26 Å². The Labute approximate surface area is 191 Å². The van der Waals surface area contributed by atoms with E-state index < -0.39 is 0 Å². The lowest BCUT2D eigenvalue weighted by Gasteiger charge is -2.36. The minimum absolute atomic E-state index is 0.103. The number of hydrogen-bond acceptors (Lipinski definition) is 5. The molecule has 0 spiro atoms. The average Bonchev–Trinajstić information content (AvgIpc) is 2.80. The molecule has 1 amide bonds. The maximum atomic E-state index is 13.0. The molecule has 2 aromatic carbocycles. The van der Waals surface area contributed by atoms with Crippen molar-refractivity contribution < 1.29 is 14.3 Å². The van der Waals surface area contributed by atoms with Crippen LogP contribution >= 0.6 is 15.9 Å². The number of piperazine rings is 1. The number of para-hydroxylation sites is 1. The summed E-state index contributed by atoms with van der Waals surface area (Å²) in [7, 11) is 0. The smallest absolute Gasteiger partial charge is 0.264 e. The van der Waals surface area contributed by atoms with E-state index in [0.717, 1.165) is 18.8 Å². The number of rotatable bonds is 7. The molecule has 0 radical (unpaired) electrons. The Kier molecular flexibility index (Phi) is 7.96. The summed E-state index contributed by atoms with van der Waals surface area (Å²) in [5, 5.41) is 9.66. The summed E-state index contributed by atoms with van der Waals surface area (Å²) in [5.41, 5.74) is 1.95. The number of hydrogen-bond donors (Lipinski definition) is 0. The molecule has 7 heteroatoms. The summed E-state index contributed by atoms with van der Waals surface area (Å²) < 4.78 is 12.1. The Balaban J connectivity index is 1.76. The molecule has 0 N–H and O–H groups in total. The second-order valence-corrected chi connectivity index (χ2v) is 7.83. The van der Waals surface area contributed by atoms with Crippen LogP contribution in [0.3, 0.4) is 0 Å². The fraction of sp³-hybridized carbons (Fsp3) is 0.333. The highest BCUT2D eigenvalue weighted by molar-refractivity contribution is 9.10. The summed E-state index contributed by atoms with van der Waals surface area (Å²) in [4.78, 5) is 17.0. The van der Waals surface area contributed by atoms with Crippen molar-refractivity contribution in [2.75, 3.05) is 44.3 Å². The van der Waals surface area contributed by atoms with Gasteiger partial charge in [-0.3, -0.25) is 4.79 Å². The zero-order valence-corrected chi connectivity index (χ0v) is 19.4. The van der Waals surface area contributed by atoms with Gasteiger partial charge in [-0.1, -0.05) is 18.2 Å². The number of ether oxygens (including phenoxy) is 2. The predicted octanol–water partition coefficient (Wildman–Crippen LogP) is 4.50. The second-order valence-electron chi connectivity index (χ2n) is 6.98. The van der Waals surface area contributed by atoms with E-state index in [4.69, 9.17) is 9.47 Å². The van der Waals surface area contributed by atoms with Crippen molar-refractivity contribution in [1.82, 2.24) is 4.90 Å². The summed E-state index contributed by atoms with van der Waals surface area (Å²) in [5.74, 6) is 0.938. The van der Waals surface area contributed by atoms with Crippen molar-refractivity contribution in [3.8, 4) is 17.6 Å². The van der Waals surface area contributed by atoms with Crippen LogP contribution in [0.2, 0.25) is 0 Å². The van der Waals surface area contributed by atoms with Crippen molar-refractivity contribution in [1.29, 1.82) is 5.26 Å². The minimum Gasteiger partial charge on any atom is -0.490 e. The third kappa shape index (κ3) is 5.59. The SMILES string of the molecule is CCOc1cc(/C=C(/C#N)C(=O)N2CCN(c3ccccc3)CC2)cc(Br)c1OCC. The zero-order valence-electron chi connectivity index (χ0n) is 17.8. The fourth-order valence-corrected chi connectivity index (χ4v) is 4.08. The molecule has 3 rings (SSSR count). The summed E-state index contributed by atoms with van der Waals surface area (Å²) in [6, 6.07) is 15.8. The van der Waals surface area contributed by atoms with Crippen molar-refractivity contribution in [2.24, 2.45) is 0 Å². The van der Waals surface area contributed by atoms with Gasteiger partial charge in [-0.15, -0.1) is 0 Å². The van der Waals surface area contributed by atoms with E-state index in [-0.39, 0.29) is 11.5 Å². The third-order valence-electron chi connectivity index (χ3n) is 4.97. The summed E-state index contributed by atoms with van der Waals surface area (Å²) in [6.45, 7) is 7.40. The highest BCUT2D eigenvalue weighted by atomic mass is 79.9. The van der Waals surface area contributed by atoms with E-state index in [2.05, 4.69) is 39.0 Å². The molecule has 2 aromatic rings. The van der Waals surface area contributed by atoms with Crippen molar-refractivity contribution in [3.05, 3.63) is 58.1 Å². The first kappa shape index (κ1) is 22.7. The van der Waals surface area contributed by atoms with Crippen LogP contribution < -0.4 is 14.4 Å². The van der Waals surface area contributed by atoms with Gasteiger partial charge >= 0.3 is 0 Å². The molecule has 1 saturated heterocycles. The van der Waals surface area contributed by atoms with Crippen LogP contribution in [-0.2, 0) is 4.79 Å². The number of anilines is 1. The Morgan fingerprint density at radius 1 is 1.10 bits per heavy atom. The average molecular weight is 484 g/mol. The van der Waals surface area contributed by atoms with Crippen LogP contribution in [0.5, 0.6) is 11.5 Å². The van der Waals surface area contributed by atoms with Gasteiger partial charge in [0.15, 0.2) is 11.5 Å². The maximum absolute atomic E-state index is 13.0. The second kappa shape index (κ2) is 10.9. The molecular formula is C24H26BrN3O3. The molecule has 6 nitrogen and oxygen atoms in total. The van der Waals surface area contributed by atoms with E-state index in [1.807, 2.05) is 38.1 Å². The normalized spacial score (nSPS) is 14.2. The minimum atomic E-state index is -0.252. The first-order valence-electron chi connectivity index (χ1n) is 10.4. The number of nitriles is 1. The van der Waals surface area contributed by atoms with Gasteiger partial charge in [0.1, 0.15) is 11.6 Å². The molecular weight excluding hydrogens is 458 g/mol. The molecule has 31 heavy (non-hydrogen) atoms. The number of benzene rings is 2. The third-order valence-corrected chi connectivity index (χ3v) is 5.56. The number of amides is 1. The Hall–Kier alpha value is -2.98. The zero-order chi connectivity index (χ0) is 22.2. The lowest BCUT2D eigenvalue weighted by Crippen LogP contribution is -2.49. The van der Waals surface area contributed by atoms with E-state index in [0.29, 0.717) is 47.8 Å². The first-order valence-corrected chi connectivity index (χ1v) is 11.2. The maximum Gasteiger partial charge on any atom is 0.264 e. The van der Waals surface area contributed by atoms with Gasteiger partial charge in [-0.25, -0.2) is 0 Å². The van der Waals surface area contributed by atoms with E-state index in [1.54, 1.807) is 17.0 Å². The Morgan fingerprint density at radius 2 is 1.77 bits per heavy atom.